The van der Waals surface area contributed by atoms with Crippen molar-refractivity contribution in [3.8, 4) is 17.4 Å². The number of rotatable bonds is 8. The third-order valence-corrected chi connectivity index (χ3v) is 8.96. The van der Waals surface area contributed by atoms with E-state index in [1.807, 2.05) is 54.6 Å². The van der Waals surface area contributed by atoms with Gasteiger partial charge in [0.1, 0.15) is 5.82 Å². The fourth-order valence-corrected chi connectivity index (χ4v) is 6.00. The van der Waals surface area contributed by atoms with Crippen molar-refractivity contribution in [3.05, 3.63) is 155 Å². The van der Waals surface area contributed by atoms with Gasteiger partial charge in [0.25, 0.3) is 11.8 Å². The maximum Gasteiger partial charge on any atom is 0.258 e. The lowest BCUT2D eigenvalue weighted by Gasteiger charge is -2.24. The van der Waals surface area contributed by atoms with Crippen LogP contribution in [0.3, 0.4) is 0 Å². The molecule has 2 saturated heterocycles. The Balaban J connectivity index is 0.000000169. The summed E-state index contributed by atoms with van der Waals surface area (Å²) in [5, 5.41) is 29.7. The standard InChI is InChI=1S/C21H19N5O2.C20H19FN4O2/c22-11-15-2-1-3-19(10-15)26-14-17(12-24-26)21(27)25-18-6-4-16(5-7-18)20-13-23-8-9-28-20;21-16-3-7-18(8-4-16)25-13-15(11-23-25)20(26)24-17-5-1-14(2-6-17)19-12-22-9-10-27-19/h1-7,10,12,14,20,23H,8-9,13H2,(H,25,27);1-8,11,13,19,22H,9-10,12H2,(H,24,26)/t20-;19-/m10/s1. The third kappa shape index (κ3) is 9.55. The predicted octanol–water partition coefficient (Wildman–Crippen LogP) is 5.58. The molecule has 13 nitrogen and oxygen atoms in total. The van der Waals surface area contributed by atoms with E-state index in [4.69, 9.17) is 14.7 Å². The Morgan fingerprint density at radius 1 is 0.709 bits per heavy atom. The summed E-state index contributed by atoms with van der Waals surface area (Å²) in [6.45, 7) is 4.72. The zero-order valence-electron chi connectivity index (χ0n) is 29.7. The summed E-state index contributed by atoms with van der Waals surface area (Å²) < 4.78 is 27.6. The van der Waals surface area contributed by atoms with E-state index in [-0.39, 0.29) is 29.8 Å². The number of ether oxygens (including phenoxy) is 2. The van der Waals surface area contributed by atoms with Gasteiger partial charge >= 0.3 is 0 Å². The summed E-state index contributed by atoms with van der Waals surface area (Å²) in [5.74, 6) is -0.820. The third-order valence-electron chi connectivity index (χ3n) is 8.96. The second-order valence-corrected chi connectivity index (χ2v) is 12.8. The topological polar surface area (TPSA) is 160 Å². The van der Waals surface area contributed by atoms with E-state index in [2.05, 4.69) is 37.5 Å². The van der Waals surface area contributed by atoms with Gasteiger partial charge in [0.05, 0.1) is 71.9 Å². The van der Waals surface area contributed by atoms with Gasteiger partial charge in [-0.1, -0.05) is 30.3 Å². The van der Waals surface area contributed by atoms with Gasteiger partial charge in [-0.25, -0.2) is 13.8 Å². The van der Waals surface area contributed by atoms with E-state index in [0.717, 1.165) is 43.0 Å². The second-order valence-electron chi connectivity index (χ2n) is 12.8. The smallest absolute Gasteiger partial charge is 0.258 e. The van der Waals surface area contributed by atoms with Gasteiger partial charge in [-0.15, -0.1) is 0 Å². The van der Waals surface area contributed by atoms with Crippen LogP contribution in [0.15, 0.2) is 122 Å². The fraction of sp³-hybridized carbons (Fsp3) is 0.195. The summed E-state index contributed by atoms with van der Waals surface area (Å²) in [6, 6.07) is 30.3. The number of nitrogens with zero attached hydrogens (tertiary/aromatic N) is 5. The average Bonchev–Trinajstić information content (AvgIpc) is 3.95. The molecule has 0 aliphatic carbocycles. The normalized spacial score (nSPS) is 16.6. The van der Waals surface area contributed by atoms with Gasteiger partial charge in [-0.05, 0) is 77.9 Å². The average molecular weight is 740 g/mol. The van der Waals surface area contributed by atoms with Gasteiger partial charge in [0.15, 0.2) is 0 Å². The minimum absolute atomic E-state index is 0.0393. The van der Waals surface area contributed by atoms with Gasteiger partial charge in [-0.2, -0.15) is 15.5 Å². The molecule has 0 spiro atoms. The van der Waals surface area contributed by atoms with E-state index < -0.39 is 0 Å². The molecule has 4 aromatic carbocycles. The van der Waals surface area contributed by atoms with Crippen LogP contribution in [0.4, 0.5) is 15.8 Å². The molecule has 2 aromatic heterocycles. The Hall–Kier alpha value is -6.50. The SMILES string of the molecule is N#Cc1cccc(-n2cc(C(=O)Nc3ccc([C@H]4CNCCO4)cc3)cn2)c1.O=C(Nc1ccc([C@@H]2CNCCO2)cc1)c1cnn(-c2ccc(F)cc2)c1. The Morgan fingerprint density at radius 3 is 1.69 bits per heavy atom. The Morgan fingerprint density at radius 2 is 1.22 bits per heavy atom. The molecule has 4 heterocycles. The monoisotopic (exact) mass is 739 g/mol. The lowest BCUT2D eigenvalue weighted by Crippen LogP contribution is -2.33. The van der Waals surface area contributed by atoms with Gasteiger partial charge in [0.2, 0.25) is 0 Å². The lowest BCUT2D eigenvalue weighted by atomic mass is 10.1. The number of anilines is 2. The molecule has 0 radical (unpaired) electrons. The van der Waals surface area contributed by atoms with Crippen molar-refractivity contribution >= 4 is 23.2 Å². The first-order chi connectivity index (χ1) is 26.9. The molecule has 14 heteroatoms. The van der Waals surface area contributed by atoms with E-state index in [0.29, 0.717) is 47.0 Å². The number of nitriles is 1. The molecular weight excluding hydrogens is 702 g/mol. The van der Waals surface area contributed by atoms with Crippen LogP contribution in [0.5, 0.6) is 0 Å². The van der Waals surface area contributed by atoms with Crippen molar-refractivity contribution in [2.45, 2.75) is 12.2 Å². The maximum atomic E-state index is 13.0. The molecule has 0 unspecified atom stereocenters. The fourth-order valence-electron chi connectivity index (χ4n) is 6.00. The molecule has 0 saturated carbocycles. The van der Waals surface area contributed by atoms with Crippen molar-refractivity contribution in [2.75, 3.05) is 50.0 Å². The van der Waals surface area contributed by atoms with E-state index in [1.165, 1.54) is 29.2 Å². The molecule has 2 aliphatic heterocycles. The first-order valence-corrected chi connectivity index (χ1v) is 17.7. The molecule has 2 fully saturated rings. The van der Waals surface area contributed by atoms with Crippen molar-refractivity contribution in [1.82, 2.24) is 30.2 Å². The summed E-state index contributed by atoms with van der Waals surface area (Å²) in [5.41, 5.74) is 6.36. The number of hydrogen-bond donors (Lipinski definition) is 4. The highest BCUT2D eigenvalue weighted by atomic mass is 19.1. The number of carbonyl (C=O) groups excluding carboxylic acids is 2. The summed E-state index contributed by atoms with van der Waals surface area (Å²) in [7, 11) is 0. The summed E-state index contributed by atoms with van der Waals surface area (Å²) >= 11 is 0. The molecule has 2 aliphatic rings. The minimum atomic E-state index is -0.318. The Kier molecular flexibility index (Phi) is 11.8. The molecule has 0 bridgehead atoms. The molecule has 6 aromatic rings. The van der Waals surface area contributed by atoms with Crippen LogP contribution in [-0.2, 0) is 9.47 Å². The number of morpholine rings is 2. The zero-order chi connectivity index (χ0) is 38.0. The highest BCUT2D eigenvalue weighted by Crippen LogP contribution is 2.23. The lowest BCUT2D eigenvalue weighted by molar-refractivity contribution is 0.0276. The molecule has 4 N–H and O–H groups in total. The summed E-state index contributed by atoms with van der Waals surface area (Å²) in [6.07, 6.45) is 6.32. The number of amides is 2. The van der Waals surface area contributed by atoms with Crippen LogP contribution in [0.1, 0.15) is 49.6 Å². The zero-order valence-corrected chi connectivity index (χ0v) is 29.7. The molecular formula is C41H38FN9O4. The van der Waals surface area contributed by atoms with Crippen LogP contribution >= 0.6 is 0 Å². The number of aromatic nitrogens is 4. The van der Waals surface area contributed by atoms with E-state index in [1.54, 1.807) is 47.4 Å². The molecule has 8 rings (SSSR count). The first kappa shape index (κ1) is 36.8. The van der Waals surface area contributed by atoms with Crippen LogP contribution in [0.2, 0.25) is 0 Å². The highest BCUT2D eigenvalue weighted by molar-refractivity contribution is 6.04. The van der Waals surface area contributed by atoms with Crippen LogP contribution in [-0.4, -0.2) is 70.8 Å². The van der Waals surface area contributed by atoms with Gasteiger partial charge < -0.3 is 30.7 Å². The maximum absolute atomic E-state index is 13.0. The predicted molar refractivity (Wildman–Crippen MR) is 204 cm³/mol. The summed E-state index contributed by atoms with van der Waals surface area (Å²) in [4.78, 5) is 25.0. The van der Waals surface area contributed by atoms with Crippen molar-refractivity contribution in [1.29, 1.82) is 5.26 Å². The molecule has 55 heavy (non-hydrogen) atoms. The van der Waals surface area contributed by atoms with Crippen LogP contribution < -0.4 is 21.3 Å². The number of carbonyl (C=O) groups is 2. The van der Waals surface area contributed by atoms with Gasteiger partial charge in [-0.3, -0.25) is 9.59 Å². The quantitative estimate of drug-likeness (QED) is 0.156. The van der Waals surface area contributed by atoms with E-state index >= 15 is 0 Å². The second kappa shape index (κ2) is 17.5. The van der Waals surface area contributed by atoms with Crippen molar-refractivity contribution in [2.24, 2.45) is 0 Å². The van der Waals surface area contributed by atoms with Crippen LogP contribution in [0, 0.1) is 17.1 Å². The Labute approximate surface area is 316 Å². The van der Waals surface area contributed by atoms with Gasteiger partial charge in [0, 0.05) is 49.9 Å². The molecule has 278 valence electrons. The minimum Gasteiger partial charge on any atom is -0.371 e. The van der Waals surface area contributed by atoms with E-state index in [9.17, 15) is 14.0 Å². The number of nitrogens with one attached hydrogen (secondary N) is 4. The first-order valence-electron chi connectivity index (χ1n) is 17.7. The van der Waals surface area contributed by atoms with Crippen LogP contribution in [0.25, 0.3) is 11.4 Å². The molecule has 2 atom stereocenters. The largest absolute Gasteiger partial charge is 0.371 e. The highest BCUT2D eigenvalue weighted by Gasteiger charge is 2.18. The number of benzene rings is 4. The molecule has 2 amide bonds. The number of halogens is 1. The van der Waals surface area contributed by atoms with Crippen molar-refractivity contribution < 1.29 is 23.5 Å². The number of hydrogen-bond acceptors (Lipinski definition) is 9. The van der Waals surface area contributed by atoms with Crippen molar-refractivity contribution in [3.63, 3.8) is 0 Å². The Bertz CT molecular complexity index is 2250.